The normalized spacial score (nSPS) is 13.7. The van der Waals surface area contributed by atoms with Gasteiger partial charge in [-0.1, -0.05) is 0 Å². The molecule has 0 fully saturated rings. The molecule has 102 valence electrons. The van der Waals surface area contributed by atoms with Gasteiger partial charge in [-0.25, -0.2) is 0 Å². The third-order valence-corrected chi connectivity index (χ3v) is 2.99. The number of aliphatic carboxylic acids is 1. The van der Waals surface area contributed by atoms with Gasteiger partial charge in [0.1, 0.15) is 6.04 Å². The molecule has 2 aromatic rings. The molecule has 1 atom stereocenters. The molecule has 0 aliphatic rings. The number of carbonyl (C=O) groups is 1. The van der Waals surface area contributed by atoms with E-state index in [-0.39, 0.29) is 5.69 Å². The first-order valence-electron chi connectivity index (χ1n) is 5.37. The molecule has 0 aliphatic heterocycles. The highest BCUT2D eigenvalue weighted by molar-refractivity contribution is 5.85. The average molecular weight is 272 g/mol. The van der Waals surface area contributed by atoms with Crippen molar-refractivity contribution < 1.29 is 23.1 Å². The Balaban J connectivity index is 2.60. The molecule has 4 nitrogen and oxygen atoms in total. The third-order valence-electron chi connectivity index (χ3n) is 2.99. The molecule has 0 saturated heterocycles. The molecule has 0 bridgehead atoms. The number of fused-ring (bicyclic) bond motifs is 1. The predicted molar refractivity (Wildman–Crippen MR) is 62.5 cm³/mol. The SMILES string of the molecule is Cn1c(C(N)C(=O)O)cc2cc(C(F)(F)F)ccc21. The lowest BCUT2D eigenvalue weighted by Crippen LogP contribution is -2.22. The van der Waals surface area contributed by atoms with Crippen LogP contribution in [0.3, 0.4) is 0 Å². The van der Waals surface area contributed by atoms with Crippen molar-refractivity contribution in [3.05, 3.63) is 35.5 Å². The zero-order valence-electron chi connectivity index (χ0n) is 9.90. The van der Waals surface area contributed by atoms with Gasteiger partial charge in [0.25, 0.3) is 0 Å². The number of alkyl halides is 3. The van der Waals surface area contributed by atoms with Crippen LogP contribution < -0.4 is 5.73 Å². The van der Waals surface area contributed by atoms with Crippen molar-refractivity contribution in [3.63, 3.8) is 0 Å². The highest BCUT2D eigenvalue weighted by Crippen LogP contribution is 2.32. The van der Waals surface area contributed by atoms with Gasteiger partial charge in [0.2, 0.25) is 0 Å². The van der Waals surface area contributed by atoms with Gasteiger partial charge < -0.3 is 15.4 Å². The second-order valence-corrected chi connectivity index (χ2v) is 4.22. The van der Waals surface area contributed by atoms with Gasteiger partial charge in [0.05, 0.1) is 5.56 Å². The second-order valence-electron chi connectivity index (χ2n) is 4.22. The Morgan fingerprint density at radius 3 is 2.53 bits per heavy atom. The van der Waals surface area contributed by atoms with Crippen molar-refractivity contribution in [1.29, 1.82) is 0 Å². The zero-order chi connectivity index (χ0) is 14.4. The van der Waals surface area contributed by atoms with E-state index in [9.17, 15) is 18.0 Å². The molecule has 1 heterocycles. The van der Waals surface area contributed by atoms with E-state index in [1.54, 1.807) is 7.05 Å². The van der Waals surface area contributed by atoms with Gasteiger partial charge in [0.15, 0.2) is 0 Å². The fourth-order valence-corrected chi connectivity index (χ4v) is 1.97. The summed E-state index contributed by atoms with van der Waals surface area (Å²) in [5.41, 5.74) is 5.46. The number of carboxylic acid groups (broad SMARTS) is 1. The first-order valence-corrected chi connectivity index (χ1v) is 5.37. The van der Waals surface area contributed by atoms with E-state index in [4.69, 9.17) is 10.8 Å². The molecule has 0 aliphatic carbocycles. The molecule has 1 aromatic carbocycles. The fourth-order valence-electron chi connectivity index (χ4n) is 1.97. The second kappa shape index (κ2) is 4.27. The van der Waals surface area contributed by atoms with Gasteiger partial charge in [-0.05, 0) is 24.3 Å². The minimum Gasteiger partial charge on any atom is -0.480 e. The van der Waals surface area contributed by atoms with Gasteiger partial charge in [-0.15, -0.1) is 0 Å². The minimum absolute atomic E-state index is 0.252. The third kappa shape index (κ3) is 2.28. The molecule has 7 heteroatoms. The maximum atomic E-state index is 12.6. The summed E-state index contributed by atoms with van der Waals surface area (Å²) in [4.78, 5) is 10.8. The van der Waals surface area contributed by atoms with E-state index in [0.29, 0.717) is 10.9 Å². The van der Waals surface area contributed by atoms with Crippen LogP contribution in [0, 0.1) is 0 Å². The molecule has 0 saturated carbocycles. The standard InChI is InChI=1S/C12H11F3N2O2/c1-17-8-3-2-7(12(13,14)15)4-6(8)5-9(17)10(16)11(18)19/h2-5,10H,16H2,1H3,(H,18,19). The summed E-state index contributed by atoms with van der Waals surface area (Å²) in [6, 6.07) is 3.33. The van der Waals surface area contributed by atoms with Gasteiger partial charge in [-0.3, -0.25) is 4.79 Å². The summed E-state index contributed by atoms with van der Waals surface area (Å²) in [6.07, 6.45) is -4.43. The number of rotatable bonds is 2. The summed E-state index contributed by atoms with van der Waals surface area (Å²) < 4.78 is 39.2. The van der Waals surface area contributed by atoms with Crippen molar-refractivity contribution in [2.75, 3.05) is 0 Å². The lowest BCUT2D eigenvalue weighted by atomic mass is 10.1. The topological polar surface area (TPSA) is 68.2 Å². The summed E-state index contributed by atoms with van der Waals surface area (Å²) >= 11 is 0. The monoisotopic (exact) mass is 272 g/mol. The molecule has 0 spiro atoms. The van der Waals surface area contributed by atoms with E-state index < -0.39 is 23.8 Å². The Hall–Kier alpha value is -2.02. The lowest BCUT2D eigenvalue weighted by Gasteiger charge is -2.08. The van der Waals surface area contributed by atoms with E-state index in [1.165, 1.54) is 16.7 Å². The van der Waals surface area contributed by atoms with Crippen molar-refractivity contribution >= 4 is 16.9 Å². The van der Waals surface area contributed by atoms with E-state index in [1.807, 2.05) is 0 Å². The summed E-state index contributed by atoms with van der Waals surface area (Å²) in [7, 11) is 1.56. The van der Waals surface area contributed by atoms with Gasteiger partial charge in [0, 0.05) is 23.6 Å². The fraction of sp³-hybridized carbons (Fsp3) is 0.250. The van der Waals surface area contributed by atoms with Crippen LogP contribution >= 0.6 is 0 Å². The first kappa shape index (κ1) is 13.4. The Labute approximate surface area is 106 Å². The number of aryl methyl sites for hydroxylation is 1. The van der Waals surface area contributed by atoms with Gasteiger partial charge in [-0.2, -0.15) is 13.2 Å². The zero-order valence-corrected chi connectivity index (χ0v) is 9.90. The van der Waals surface area contributed by atoms with Crippen LogP contribution in [0.5, 0.6) is 0 Å². The molecular weight excluding hydrogens is 261 g/mol. The molecule has 0 amide bonds. The molecule has 2 rings (SSSR count). The molecule has 19 heavy (non-hydrogen) atoms. The summed E-state index contributed by atoms with van der Waals surface area (Å²) in [5.74, 6) is -1.23. The summed E-state index contributed by atoms with van der Waals surface area (Å²) in [6.45, 7) is 0. The van der Waals surface area contributed by atoms with Crippen LogP contribution in [0.4, 0.5) is 13.2 Å². The maximum Gasteiger partial charge on any atom is 0.416 e. The van der Waals surface area contributed by atoms with Crippen molar-refractivity contribution in [2.45, 2.75) is 12.2 Å². The Morgan fingerprint density at radius 1 is 1.37 bits per heavy atom. The quantitative estimate of drug-likeness (QED) is 0.881. The minimum atomic E-state index is -4.43. The summed E-state index contributed by atoms with van der Waals surface area (Å²) in [5, 5.41) is 9.16. The van der Waals surface area contributed by atoms with E-state index in [2.05, 4.69) is 0 Å². The van der Waals surface area contributed by atoms with Crippen LogP contribution in [-0.4, -0.2) is 15.6 Å². The van der Waals surface area contributed by atoms with Crippen LogP contribution in [0.15, 0.2) is 24.3 Å². The van der Waals surface area contributed by atoms with Crippen LogP contribution in [0.1, 0.15) is 17.3 Å². The highest BCUT2D eigenvalue weighted by atomic mass is 19.4. The molecular formula is C12H11F3N2O2. The molecule has 0 radical (unpaired) electrons. The number of aromatic nitrogens is 1. The number of nitrogens with zero attached hydrogens (tertiary/aromatic N) is 1. The number of hydrogen-bond acceptors (Lipinski definition) is 2. The Bertz CT molecular complexity index is 646. The highest BCUT2D eigenvalue weighted by Gasteiger charge is 2.31. The molecule has 3 N–H and O–H groups in total. The van der Waals surface area contributed by atoms with E-state index >= 15 is 0 Å². The molecule has 1 unspecified atom stereocenters. The largest absolute Gasteiger partial charge is 0.480 e. The average Bonchev–Trinajstić information content (AvgIpc) is 2.64. The number of halogens is 3. The number of nitrogens with two attached hydrogens (primary N) is 1. The first-order chi connectivity index (χ1) is 8.71. The number of hydrogen-bond donors (Lipinski definition) is 2. The Morgan fingerprint density at radius 2 is 2.00 bits per heavy atom. The number of carboxylic acids is 1. The van der Waals surface area contributed by atoms with Crippen molar-refractivity contribution in [2.24, 2.45) is 12.8 Å². The van der Waals surface area contributed by atoms with Crippen LogP contribution in [0.25, 0.3) is 10.9 Å². The van der Waals surface area contributed by atoms with Gasteiger partial charge >= 0.3 is 12.1 Å². The van der Waals surface area contributed by atoms with Crippen molar-refractivity contribution in [3.8, 4) is 0 Å². The molecule has 1 aromatic heterocycles. The Kier molecular flexibility index (Phi) is 3.01. The predicted octanol–water partition coefficient (Wildman–Crippen LogP) is 2.28. The number of benzene rings is 1. The smallest absolute Gasteiger partial charge is 0.416 e. The van der Waals surface area contributed by atoms with Crippen molar-refractivity contribution in [1.82, 2.24) is 4.57 Å². The van der Waals surface area contributed by atoms with E-state index in [0.717, 1.165) is 12.1 Å². The van der Waals surface area contributed by atoms with Crippen LogP contribution in [0.2, 0.25) is 0 Å². The lowest BCUT2D eigenvalue weighted by molar-refractivity contribution is -0.139. The maximum absolute atomic E-state index is 12.6. The van der Waals surface area contributed by atoms with Crippen LogP contribution in [-0.2, 0) is 18.0 Å².